The average Bonchev–Trinajstić information content (AvgIpc) is 3.22. The van der Waals surface area contributed by atoms with Crippen molar-refractivity contribution in [2.75, 3.05) is 5.73 Å². The Bertz CT molecular complexity index is 1120. The molecule has 2 aliphatic rings. The van der Waals surface area contributed by atoms with Crippen molar-refractivity contribution in [2.24, 2.45) is 0 Å². The van der Waals surface area contributed by atoms with Crippen LogP contribution in [-0.4, -0.2) is 43.1 Å². The van der Waals surface area contributed by atoms with Crippen molar-refractivity contribution in [3.05, 3.63) is 46.1 Å². The molecule has 1 saturated carbocycles. The Hall–Kier alpha value is -2.23. The molecule has 1 fully saturated rings. The zero-order valence-corrected chi connectivity index (χ0v) is 17.7. The van der Waals surface area contributed by atoms with Gasteiger partial charge in [0.25, 0.3) is 0 Å². The lowest BCUT2D eigenvalue weighted by Crippen LogP contribution is -2.34. The first-order valence-electron chi connectivity index (χ1n) is 10.0. The molecule has 2 aromatic heterocycles. The fourth-order valence-corrected chi connectivity index (χ4v) is 5.34. The molecule has 0 spiro atoms. The van der Waals surface area contributed by atoms with Gasteiger partial charge < -0.3 is 25.3 Å². The molecule has 0 unspecified atom stereocenters. The first-order chi connectivity index (χ1) is 14.5. The fraction of sp³-hybridized carbons (Fsp3) is 0.429. The Morgan fingerprint density at radius 2 is 1.90 bits per heavy atom. The third-order valence-electron chi connectivity index (χ3n) is 6.26. The number of hydrogen-bond acceptors (Lipinski definition) is 6. The van der Waals surface area contributed by atoms with Crippen molar-refractivity contribution in [2.45, 2.75) is 56.5 Å². The van der Waals surface area contributed by atoms with Crippen molar-refractivity contribution >= 4 is 32.8 Å². The molecule has 9 heteroatoms. The highest BCUT2D eigenvalue weighted by molar-refractivity contribution is 9.10. The molecule has 7 nitrogen and oxygen atoms in total. The molecule has 0 amide bonds. The maximum Gasteiger partial charge on any atom is 0.147 e. The maximum atomic E-state index is 14.2. The summed E-state index contributed by atoms with van der Waals surface area (Å²) in [5.74, 6) is 0.723. The summed E-state index contributed by atoms with van der Waals surface area (Å²) < 4.78 is 22.9. The second kappa shape index (κ2) is 7.47. The Labute approximate surface area is 180 Å². The first-order valence-corrected chi connectivity index (χ1v) is 10.8. The number of aromatic nitrogens is 3. The van der Waals surface area contributed by atoms with Gasteiger partial charge in [0, 0.05) is 22.7 Å². The molecule has 0 radical (unpaired) electrons. The molecule has 4 atom stereocenters. The Kier molecular flexibility index (Phi) is 4.91. The van der Waals surface area contributed by atoms with Crippen LogP contribution in [0.2, 0.25) is 0 Å². The monoisotopic (exact) mass is 476 g/mol. The summed E-state index contributed by atoms with van der Waals surface area (Å²) in [4.78, 5) is 8.33. The van der Waals surface area contributed by atoms with E-state index in [2.05, 4.69) is 25.9 Å². The molecule has 2 heterocycles. The second-order valence-electron chi connectivity index (χ2n) is 7.99. The quantitative estimate of drug-likeness (QED) is 0.536. The largest absolute Gasteiger partial charge is 0.487 e. The van der Waals surface area contributed by atoms with Gasteiger partial charge >= 0.3 is 0 Å². The fourth-order valence-electron chi connectivity index (χ4n) is 4.74. The SMILES string of the molecule is Nc1ncnc2c1c(Br)cn2[C@@H]1C[C@H](Oc2ccc(F)c3c2CCCC3)[C@@H](O)[C@H]1O. The van der Waals surface area contributed by atoms with Gasteiger partial charge in [-0.25, -0.2) is 14.4 Å². The van der Waals surface area contributed by atoms with Crippen LogP contribution in [0.3, 0.4) is 0 Å². The van der Waals surface area contributed by atoms with Crippen LogP contribution in [0.15, 0.2) is 29.1 Å². The predicted octanol–water partition coefficient (Wildman–Crippen LogP) is 2.91. The highest BCUT2D eigenvalue weighted by atomic mass is 79.9. The summed E-state index contributed by atoms with van der Waals surface area (Å²) in [6.45, 7) is 0. The Morgan fingerprint density at radius 3 is 2.70 bits per heavy atom. The zero-order valence-electron chi connectivity index (χ0n) is 16.1. The van der Waals surface area contributed by atoms with Crippen molar-refractivity contribution in [3.8, 4) is 5.75 Å². The molecule has 2 aliphatic carbocycles. The summed E-state index contributed by atoms with van der Waals surface area (Å²) in [7, 11) is 0. The van der Waals surface area contributed by atoms with Crippen LogP contribution >= 0.6 is 15.9 Å². The number of nitrogens with zero attached hydrogens (tertiary/aromatic N) is 3. The standard InChI is InChI=1S/C21H22BrFN4O3/c22-12-8-27(21-17(12)20(24)25-9-26-21)14-7-16(19(29)18(14)28)30-15-6-5-13(23)10-3-1-2-4-11(10)15/h5-6,8-9,14,16,18-19,28-29H,1-4,7H2,(H2,24,25,26)/t14-,16+,18+,19-/m1/s1. The van der Waals surface area contributed by atoms with E-state index in [1.165, 1.54) is 12.4 Å². The third-order valence-corrected chi connectivity index (χ3v) is 6.86. The predicted molar refractivity (Wildman–Crippen MR) is 113 cm³/mol. The van der Waals surface area contributed by atoms with Gasteiger partial charge in [-0.3, -0.25) is 0 Å². The summed E-state index contributed by atoms with van der Waals surface area (Å²) in [5, 5.41) is 22.2. The van der Waals surface area contributed by atoms with Gasteiger partial charge in [0.15, 0.2) is 0 Å². The smallest absolute Gasteiger partial charge is 0.147 e. The second-order valence-corrected chi connectivity index (χ2v) is 8.85. The van der Waals surface area contributed by atoms with E-state index in [-0.39, 0.29) is 5.82 Å². The van der Waals surface area contributed by atoms with Gasteiger partial charge in [0.1, 0.15) is 47.7 Å². The van der Waals surface area contributed by atoms with Crippen LogP contribution in [0.25, 0.3) is 11.0 Å². The molecule has 158 valence electrons. The maximum absolute atomic E-state index is 14.2. The van der Waals surface area contributed by atoms with E-state index in [1.54, 1.807) is 16.8 Å². The number of nitrogen functional groups attached to an aromatic ring is 1. The minimum atomic E-state index is -1.09. The highest BCUT2D eigenvalue weighted by Gasteiger charge is 2.45. The minimum absolute atomic E-state index is 0.206. The number of aliphatic hydroxyl groups is 2. The van der Waals surface area contributed by atoms with E-state index in [0.717, 1.165) is 24.8 Å². The lowest BCUT2D eigenvalue weighted by atomic mass is 9.90. The number of benzene rings is 1. The van der Waals surface area contributed by atoms with Crippen LogP contribution in [0, 0.1) is 5.82 Å². The molecule has 5 rings (SSSR count). The zero-order chi connectivity index (χ0) is 21.0. The number of hydrogen-bond donors (Lipinski definition) is 3. The topological polar surface area (TPSA) is 106 Å². The molecular formula is C21H22BrFN4O3. The molecule has 0 aliphatic heterocycles. The Balaban J connectivity index is 1.46. The van der Waals surface area contributed by atoms with Crippen LogP contribution in [-0.2, 0) is 12.8 Å². The number of halogens is 2. The van der Waals surface area contributed by atoms with Crippen LogP contribution in [0.1, 0.15) is 36.4 Å². The lowest BCUT2D eigenvalue weighted by molar-refractivity contribution is -0.0166. The van der Waals surface area contributed by atoms with Gasteiger partial charge in [0.05, 0.1) is 11.4 Å². The number of rotatable bonds is 3. The molecule has 1 aromatic carbocycles. The summed E-state index contributed by atoms with van der Waals surface area (Å²) in [6, 6.07) is 2.59. The minimum Gasteiger partial charge on any atom is -0.487 e. The van der Waals surface area contributed by atoms with E-state index >= 15 is 0 Å². The summed E-state index contributed by atoms with van der Waals surface area (Å²) >= 11 is 3.48. The Morgan fingerprint density at radius 1 is 1.13 bits per heavy atom. The van der Waals surface area contributed by atoms with E-state index < -0.39 is 24.4 Å². The number of aliphatic hydroxyl groups excluding tert-OH is 2. The molecule has 30 heavy (non-hydrogen) atoms. The van der Waals surface area contributed by atoms with Gasteiger partial charge in [-0.2, -0.15) is 0 Å². The van der Waals surface area contributed by atoms with Crippen LogP contribution in [0.4, 0.5) is 10.2 Å². The van der Waals surface area contributed by atoms with E-state index in [0.29, 0.717) is 45.5 Å². The molecule has 4 N–H and O–H groups in total. The molecule has 3 aromatic rings. The van der Waals surface area contributed by atoms with Gasteiger partial charge in [-0.05, 0) is 59.3 Å². The number of nitrogens with two attached hydrogens (primary N) is 1. The van der Waals surface area contributed by atoms with Gasteiger partial charge in [0.2, 0.25) is 0 Å². The van der Waals surface area contributed by atoms with E-state index in [4.69, 9.17) is 10.5 Å². The molecule has 0 bridgehead atoms. The van der Waals surface area contributed by atoms with E-state index in [9.17, 15) is 14.6 Å². The lowest BCUT2D eigenvalue weighted by Gasteiger charge is -2.24. The van der Waals surface area contributed by atoms with Crippen molar-refractivity contribution < 1.29 is 19.3 Å². The van der Waals surface area contributed by atoms with Crippen molar-refractivity contribution in [1.29, 1.82) is 0 Å². The molecule has 0 saturated heterocycles. The third kappa shape index (κ3) is 3.07. The van der Waals surface area contributed by atoms with Crippen LogP contribution in [0.5, 0.6) is 5.75 Å². The number of anilines is 1. The first kappa shape index (κ1) is 19.7. The highest BCUT2D eigenvalue weighted by Crippen LogP contribution is 2.40. The van der Waals surface area contributed by atoms with Gasteiger partial charge in [-0.15, -0.1) is 0 Å². The van der Waals surface area contributed by atoms with Crippen molar-refractivity contribution in [3.63, 3.8) is 0 Å². The summed E-state index contributed by atoms with van der Waals surface area (Å²) in [5.41, 5.74) is 8.13. The number of ether oxygens (including phenoxy) is 1. The molecular weight excluding hydrogens is 455 g/mol. The average molecular weight is 477 g/mol. The normalized spacial score (nSPS) is 26.1. The number of fused-ring (bicyclic) bond motifs is 2. The van der Waals surface area contributed by atoms with E-state index in [1.807, 2.05) is 0 Å². The van der Waals surface area contributed by atoms with Gasteiger partial charge in [-0.1, -0.05) is 0 Å². The van der Waals surface area contributed by atoms with Crippen molar-refractivity contribution in [1.82, 2.24) is 14.5 Å². The van der Waals surface area contributed by atoms with Crippen LogP contribution < -0.4 is 10.5 Å². The summed E-state index contributed by atoms with van der Waals surface area (Å²) in [6.07, 6.45) is 4.15.